The minimum Gasteiger partial charge on any atom is -0.491 e. The topological polar surface area (TPSA) is 90.7 Å². The lowest BCUT2D eigenvalue weighted by molar-refractivity contribution is -0.143. The summed E-state index contributed by atoms with van der Waals surface area (Å²) in [6, 6.07) is 5.13. The van der Waals surface area contributed by atoms with Gasteiger partial charge in [-0.2, -0.15) is 0 Å². The molecular weight excluding hydrogens is 260 g/mol. The molecule has 110 valence electrons. The van der Waals surface area contributed by atoms with Crippen molar-refractivity contribution in [2.24, 2.45) is 0 Å². The van der Waals surface area contributed by atoms with E-state index in [0.29, 0.717) is 43.2 Å². The fourth-order valence-corrected chi connectivity index (χ4v) is 1.61. The van der Waals surface area contributed by atoms with E-state index in [0.717, 1.165) is 0 Å². The number of esters is 1. The van der Waals surface area contributed by atoms with Gasteiger partial charge in [0.2, 0.25) is 5.91 Å². The van der Waals surface area contributed by atoms with Crippen LogP contribution in [0.1, 0.15) is 26.7 Å². The van der Waals surface area contributed by atoms with Crippen molar-refractivity contribution in [3.05, 3.63) is 18.2 Å². The molecule has 3 N–H and O–H groups in total. The predicted molar refractivity (Wildman–Crippen MR) is 76.5 cm³/mol. The van der Waals surface area contributed by atoms with E-state index in [1.165, 1.54) is 6.92 Å². The summed E-state index contributed by atoms with van der Waals surface area (Å²) in [5.41, 5.74) is 6.68. The summed E-state index contributed by atoms with van der Waals surface area (Å²) < 4.78 is 10.4. The quantitative estimate of drug-likeness (QED) is 0.452. The summed E-state index contributed by atoms with van der Waals surface area (Å²) in [4.78, 5) is 22.3. The van der Waals surface area contributed by atoms with Gasteiger partial charge < -0.3 is 20.5 Å². The van der Waals surface area contributed by atoms with Gasteiger partial charge in [-0.05, 0) is 25.5 Å². The fraction of sp³-hybridized carbons (Fsp3) is 0.429. The Hall–Kier alpha value is -2.24. The zero-order valence-electron chi connectivity index (χ0n) is 11.8. The van der Waals surface area contributed by atoms with Crippen LogP contribution in [-0.4, -0.2) is 25.1 Å². The molecule has 1 aromatic carbocycles. The van der Waals surface area contributed by atoms with Gasteiger partial charge in [0.25, 0.3) is 0 Å². The monoisotopic (exact) mass is 280 g/mol. The number of nitrogen functional groups attached to an aromatic ring is 1. The van der Waals surface area contributed by atoms with Gasteiger partial charge in [0, 0.05) is 13.3 Å². The summed E-state index contributed by atoms with van der Waals surface area (Å²) in [5.74, 6) is 0.0223. The van der Waals surface area contributed by atoms with Gasteiger partial charge in [-0.1, -0.05) is 6.07 Å². The van der Waals surface area contributed by atoms with Gasteiger partial charge >= 0.3 is 5.97 Å². The Balaban J connectivity index is 2.53. The molecule has 0 bridgehead atoms. The smallest absolute Gasteiger partial charge is 0.305 e. The zero-order chi connectivity index (χ0) is 15.0. The average molecular weight is 280 g/mol. The van der Waals surface area contributed by atoms with Crippen LogP contribution in [0.2, 0.25) is 0 Å². The molecule has 0 spiro atoms. The Bertz CT molecular complexity index is 474. The number of hydrogen-bond donors (Lipinski definition) is 2. The highest BCUT2D eigenvalue weighted by Crippen LogP contribution is 2.30. The number of hydrogen-bond acceptors (Lipinski definition) is 5. The van der Waals surface area contributed by atoms with E-state index in [1.54, 1.807) is 25.1 Å². The van der Waals surface area contributed by atoms with E-state index in [-0.39, 0.29) is 11.9 Å². The Morgan fingerprint density at radius 3 is 2.75 bits per heavy atom. The third kappa shape index (κ3) is 5.17. The molecule has 0 aliphatic heterocycles. The number of benzene rings is 1. The summed E-state index contributed by atoms with van der Waals surface area (Å²) in [6.07, 6.45) is 0.832. The lowest BCUT2D eigenvalue weighted by Gasteiger charge is -2.13. The van der Waals surface area contributed by atoms with E-state index in [1.807, 2.05) is 0 Å². The maximum Gasteiger partial charge on any atom is 0.305 e. The number of rotatable bonds is 7. The number of carbonyl (C=O) groups is 2. The lowest BCUT2D eigenvalue weighted by atomic mass is 10.2. The molecule has 1 aromatic rings. The van der Waals surface area contributed by atoms with Gasteiger partial charge in [0.1, 0.15) is 11.4 Å². The highest BCUT2D eigenvalue weighted by molar-refractivity contribution is 5.94. The number of anilines is 2. The molecule has 0 aromatic heterocycles. The summed E-state index contributed by atoms with van der Waals surface area (Å²) >= 11 is 0. The molecular formula is C14H20N2O4. The van der Waals surface area contributed by atoms with Crippen molar-refractivity contribution in [1.29, 1.82) is 0 Å². The second kappa shape index (κ2) is 8.04. The first kappa shape index (κ1) is 15.8. The SMILES string of the molecule is CCOC(=O)CCCOc1cccc(N)c1NC(C)=O. The van der Waals surface area contributed by atoms with Crippen molar-refractivity contribution in [2.75, 3.05) is 24.3 Å². The van der Waals surface area contributed by atoms with Crippen LogP contribution < -0.4 is 15.8 Å². The molecule has 1 rings (SSSR count). The maximum atomic E-state index is 11.2. The number of nitrogens with one attached hydrogen (secondary N) is 1. The van der Waals surface area contributed by atoms with Crippen molar-refractivity contribution >= 4 is 23.3 Å². The van der Waals surface area contributed by atoms with Gasteiger partial charge in [0.15, 0.2) is 0 Å². The van der Waals surface area contributed by atoms with Crippen LogP contribution in [0.5, 0.6) is 5.75 Å². The number of para-hydroxylation sites is 1. The van der Waals surface area contributed by atoms with Crippen molar-refractivity contribution in [2.45, 2.75) is 26.7 Å². The third-order valence-electron chi connectivity index (χ3n) is 2.45. The Labute approximate surface area is 118 Å². The normalized spacial score (nSPS) is 9.90. The molecule has 0 fully saturated rings. The van der Waals surface area contributed by atoms with Crippen LogP contribution in [0.3, 0.4) is 0 Å². The van der Waals surface area contributed by atoms with Crippen LogP contribution in [0, 0.1) is 0 Å². The Morgan fingerprint density at radius 1 is 1.35 bits per heavy atom. The van der Waals surface area contributed by atoms with Crippen molar-refractivity contribution in [1.82, 2.24) is 0 Å². The Morgan fingerprint density at radius 2 is 2.10 bits per heavy atom. The molecule has 20 heavy (non-hydrogen) atoms. The Kier molecular flexibility index (Phi) is 6.36. The molecule has 0 radical (unpaired) electrons. The number of amides is 1. The van der Waals surface area contributed by atoms with Crippen LogP contribution >= 0.6 is 0 Å². The molecule has 1 amide bonds. The molecule has 0 atom stereocenters. The minimum atomic E-state index is -0.245. The second-order valence-corrected chi connectivity index (χ2v) is 4.16. The summed E-state index contributed by atoms with van der Waals surface area (Å²) in [7, 11) is 0. The van der Waals surface area contributed by atoms with E-state index < -0.39 is 0 Å². The van der Waals surface area contributed by atoms with E-state index in [2.05, 4.69) is 5.32 Å². The number of nitrogens with two attached hydrogens (primary N) is 1. The number of ether oxygens (including phenoxy) is 2. The first-order valence-corrected chi connectivity index (χ1v) is 6.49. The van der Waals surface area contributed by atoms with Crippen LogP contribution in [-0.2, 0) is 14.3 Å². The fourth-order valence-electron chi connectivity index (χ4n) is 1.61. The lowest BCUT2D eigenvalue weighted by Crippen LogP contribution is -2.11. The maximum absolute atomic E-state index is 11.2. The highest BCUT2D eigenvalue weighted by atomic mass is 16.5. The van der Waals surface area contributed by atoms with Gasteiger partial charge in [-0.3, -0.25) is 9.59 Å². The average Bonchev–Trinajstić information content (AvgIpc) is 2.38. The molecule has 0 heterocycles. The molecule has 6 heteroatoms. The molecule has 0 unspecified atom stereocenters. The van der Waals surface area contributed by atoms with Crippen molar-refractivity contribution in [3.63, 3.8) is 0 Å². The molecule has 6 nitrogen and oxygen atoms in total. The first-order chi connectivity index (χ1) is 9.54. The second-order valence-electron chi connectivity index (χ2n) is 4.16. The van der Waals surface area contributed by atoms with Crippen LogP contribution in [0.15, 0.2) is 18.2 Å². The van der Waals surface area contributed by atoms with Crippen molar-refractivity contribution < 1.29 is 19.1 Å². The standard InChI is InChI=1S/C14H20N2O4/c1-3-19-13(18)8-5-9-20-12-7-4-6-11(15)14(12)16-10(2)17/h4,6-7H,3,5,8-9,15H2,1-2H3,(H,16,17). The molecule has 0 aliphatic rings. The highest BCUT2D eigenvalue weighted by Gasteiger charge is 2.09. The third-order valence-corrected chi connectivity index (χ3v) is 2.45. The molecule has 0 saturated carbocycles. The molecule has 0 saturated heterocycles. The largest absolute Gasteiger partial charge is 0.491 e. The minimum absolute atomic E-state index is 0.223. The summed E-state index contributed by atoms with van der Waals surface area (Å²) in [6.45, 7) is 3.88. The van der Waals surface area contributed by atoms with Gasteiger partial charge in [-0.25, -0.2) is 0 Å². The van der Waals surface area contributed by atoms with Crippen molar-refractivity contribution in [3.8, 4) is 5.75 Å². The summed E-state index contributed by atoms with van der Waals surface area (Å²) in [5, 5.41) is 2.63. The van der Waals surface area contributed by atoms with E-state index in [4.69, 9.17) is 15.2 Å². The van der Waals surface area contributed by atoms with Crippen LogP contribution in [0.25, 0.3) is 0 Å². The number of carbonyl (C=O) groups excluding carboxylic acids is 2. The van der Waals surface area contributed by atoms with E-state index >= 15 is 0 Å². The predicted octanol–water partition coefficient (Wildman–Crippen LogP) is 1.95. The zero-order valence-corrected chi connectivity index (χ0v) is 11.8. The van der Waals surface area contributed by atoms with Gasteiger partial charge in [-0.15, -0.1) is 0 Å². The molecule has 0 aliphatic carbocycles. The van der Waals surface area contributed by atoms with E-state index in [9.17, 15) is 9.59 Å². The first-order valence-electron chi connectivity index (χ1n) is 6.49. The van der Waals surface area contributed by atoms with Crippen LogP contribution in [0.4, 0.5) is 11.4 Å². The van der Waals surface area contributed by atoms with Gasteiger partial charge in [0.05, 0.1) is 18.9 Å².